The van der Waals surface area contributed by atoms with Crippen LogP contribution < -0.4 is 0 Å². The van der Waals surface area contributed by atoms with Crippen molar-refractivity contribution in [1.29, 1.82) is 0 Å². The number of likely N-dealkylation sites (tertiary alicyclic amines) is 2. The first kappa shape index (κ1) is 31.6. The zero-order valence-electron chi connectivity index (χ0n) is 25.8. The van der Waals surface area contributed by atoms with Crippen molar-refractivity contribution < 1.29 is 38.1 Å². The zero-order valence-corrected chi connectivity index (χ0v) is 25.8. The third kappa shape index (κ3) is 4.20. The van der Waals surface area contributed by atoms with E-state index >= 15 is 0 Å². The van der Waals surface area contributed by atoms with E-state index in [-0.39, 0.29) is 37.0 Å². The number of halogens is 1. The predicted octanol–water partition coefficient (Wildman–Crippen LogP) is 4.02. The number of fused-ring (bicyclic) bond motifs is 2. The van der Waals surface area contributed by atoms with Crippen LogP contribution in [0.1, 0.15) is 62.7 Å². The van der Waals surface area contributed by atoms with E-state index in [1.165, 1.54) is 14.2 Å². The molecule has 0 unspecified atom stereocenters. The summed E-state index contributed by atoms with van der Waals surface area (Å²) in [6.07, 6.45) is 2.04. The maximum atomic E-state index is 13.8. The molecule has 2 aromatic carbocycles. The van der Waals surface area contributed by atoms with Crippen LogP contribution in [0.5, 0.6) is 0 Å². The fourth-order valence-corrected chi connectivity index (χ4v) is 7.93. The van der Waals surface area contributed by atoms with Crippen LogP contribution in [0, 0.1) is 21.7 Å². The Hall–Kier alpha value is -3.79. The molecule has 6 rings (SSSR count). The van der Waals surface area contributed by atoms with Gasteiger partial charge in [-0.2, -0.15) is 0 Å². The van der Waals surface area contributed by atoms with Gasteiger partial charge in [-0.25, -0.2) is 0 Å². The maximum Gasteiger partial charge on any atom is 0.322 e. The lowest BCUT2D eigenvalue weighted by Crippen LogP contribution is -2.59. The van der Waals surface area contributed by atoms with E-state index in [1.807, 2.05) is 74.5 Å². The van der Waals surface area contributed by atoms with Crippen LogP contribution in [0.15, 0.2) is 60.7 Å². The largest absolute Gasteiger partial charge is 0.468 e. The van der Waals surface area contributed by atoms with Crippen molar-refractivity contribution in [2.75, 3.05) is 40.6 Å². The van der Waals surface area contributed by atoms with Crippen LogP contribution in [0.4, 0.5) is 4.39 Å². The Morgan fingerprint density at radius 3 is 1.45 bits per heavy atom. The van der Waals surface area contributed by atoms with Gasteiger partial charge in [0.15, 0.2) is 10.8 Å². The molecule has 236 valence electrons. The van der Waals surface area contributed by atoms with Gasteiger partial charge in [-0.1, -0.05) is 60.7 Å². The highest BCUT2D eigenvalue weighted by atomic mass is 19.1. The molecule has 2 aromatic rings. The second kappa shape index (κ2) is 11.6. The predicted molar refractivity (Wildman–Crippen MR) is 158 cm³/mol. The molecule has 9 nitrogen and oxygen atoms in total. The first-order valence-electron chi connectivity index (χ1n) is 15.1. The summed E-state index contributed by atoms with van der Waals surface area (Å²) in [5.41, 5.74) is -2.13. The first-order chi connectivity index (χ1) is 21.0. The van der Waals surface area contributed by atoms with E-state index in [1.54, 1.807) is 9.80 Å². The van der Waals surface area contributed by atoms with Crippen molar-refractivity contribution in [2.45, 2.75) is 51.6 Å². The summed E-state index contributed by atoms with van der Waals surface area (Å²) in [4.78, 5) is 53.8. The van der Waals surface area contributed by atoms with Crippen LogP contribution in [0.2, 0.25) is 0 Å². The van der Waals surface area contributed by atoms with Gasteiger partial charge in [-0.05, 0) is 50.7 Å². The molecule has 1 N–H and O–H groups in total. The zero-order chi connectivity index (χ0) is 31.9. The number of carbonyl (C=O) groups excluding carboxylic acids is 4. The van der Waals surface area contributed by atoms with E-state index in [0.29, 0.717) is 32.2 Å². The number of methoxy groups -OCH3 is 2. The van der Waals surface area contributed by atoms with Crippen molar-refractivity contribution >= 4 is 23.8 Å². The molecule has 0 spiro atoms. The number of aliphatic hydroxyl groups is 1. The quantitative estimate of drug-likeness (QED) is 0.356. The Morgan fingerprint density at radius 2 is 1.14 bits per heavy atom. The molecule has 0 aromatic heterocycles. The summed E-state index contributed by atoms with van der Waals surface area (Å²) in [7, 11) is 2.56. The number of esters is 2. The molecule has 6 atom stereocenters. The van der Waals surface area contributed by atoms with Crippen LogP contribution in [-0.4, -0.2) is 79.2 Å². The van der Waals surface area contributed by atoms with E-state index in [9.17, 15) is 28.7 Å². The van der Waals surface area contributed by atoms with Gasteiger partial charge in [0, 0.05) is 23.9 Å². The minimum Gasteiger partial charge on any atom is -0.468 e. The molecule has 2 saturated carbocycles. The normalized spacial score (nSPS) is 31.4. The standard InChI is InChI=1S/C17H20FNO3.C17H21NO4/c1-12(13-6-4-3-5-7-13)19-11-16(10-18)8-9-17(16,14(19)20)15(21)22-2;1-12(13-6-4-3-5-7-13)18-10-16(11-19)8-9-17(16,14(18)20)15(21)22-2/h3-7,12H,8-11H2,1-2H3;3-7,12,19H,8-11H2,1-2H3/t12-,16+,17+;12-,16-,17+/m11/s1. The summed E-state index contributed by atoms with van der Waals surface area (Å²) in [5, 5.41) is 9.86. The van der Waals surface area contributed by atoms with Gasteiger partial charge in [0.05, 0.1) is 39.6 Å². The summed E-state index contributed by atoms with van der Waals surface area (Å²) in [6, 6.07) is 19.0. The molecule has 0 bridgehead atoms. The number of aliphatic hydroxyl groups excluding tert-OH is 1. The fourth-order valence-electron chi connectivity index (χ4n) is 7.93. The highest BCUT2D eigenvalue weighted by Gasteiger charge is 2.75. The highest BCUT2D eigenvalue weighted by Crippen LogP contribution is 2.65. The number of hydrogen-bond acceptors (Lipinski definition) is 7. The second-order valence-electron chi connectivity index (χ2n) is 12.7. The van der Waals surface area contributed by atoms with Crippen molar-refractivity contribution in [2.24, 2.45) is 21.7 Å². The van der Waals surface area contributed by atoms with Gasteiger partial charge in [-0.15, -0.1) is 0 Å². The third-order valence-corrected chi connectivity index (χ3v) is 11.1. The minimum absolute atomic E-state index is 0.135. The monoisotopic (exact) mass is 608 g/mol. The average Bonchev–Trinajstić information content (AvgIpc) is 3.33. The van der Waals surface area contributed by atoms with Crippen LogP contribution in [-0.2, 0) is 28.7 Å². The Balaban J connectivity index is 0.000000175. The van der Waals surface area contributed by atoms with E-state index < -0.39 is 40.3 Å². The molecule has 2 aliphatic carbocycles. The lowest BCUT2D eigenvalue weighted by molar-refractivity contribution is -0.181. The van der Waals surface area contributed by atoms with Crippen LogP contribution >= 0.6 is 0 Å². The van der Waals surface area contributed by atoms with Crippen molar-refractivity contribution in [3.63, 3.8) is 0 Å². The Kier molecular flexibility index (Phi) is 8.35. The van der Waals surface area contributed by atoms with Crippen molar-refractivity contribution in [3.8, 4) is 0 Å². The topological polar surface area (TPSA) is 113 Å². The molecule has 2 aliphatic heterocycles. The lowest BCUT2D eigenvalue weighted by atomic mass is 9.51. The molecule has 4 aliphatic rings. The summed E-state index contributed by atoms with van der Waals surface area (Å²) < 4.78 is 23.5. The number of carbonyl (C=O) groups is 4. The second-order valence-corrected chi connectivity index (χ2v) is 12.7. The van der Waals surface area contributed by atoms with Gasteiger partial charge in [0.1, 0.15) is 0 Å². The smallest absolute Gasteiger partial charge is 0.322 e. The summed E-state index contributed by atoms with van der Waals surface area (Å²) in [5.74, 6) is -1.61. The van der Waals surface area contributed by atoms with Gasteiger partial charge >= 0.3 is 11.9 Å². The molecule has 2 amide bonds. The molecule has 4 fully saturated rings. The lowest BCUT2D eigenvalue weighted by Gasteiger charge is -2.49. The molecule has 0 radical (unpaired) electrons. The number of ether oxygens (including phenoxy) is 2. The average molecular weight is 609 g/mol. The van der Waals surface area contributed by atoms with Gasteiger partial charge in [0.25, 0.3) is 0 Å². The van der Waals surface area contributed by atoms with Gasteiger partial charge < -0.3 is 24.4 Å². The fraction of sp³-hybridized carbons (Fsp3) is 0.529. The summed E-state index contributed by atoms with van der Waals surface area (Å²) >= 11 is 0. The van der Waals surface area contributed by atoms with Gasteiger partial charge in [-0.3, -0.25) is 23.6 Å². The van der Waals surface area contributed by atoms with Crippen LogP contribution in [0.25, 0.3) is 0 Å². The Bertz CT molecular complexity index is 1310. The highest BCUT2D eigenvalue weighted by molar-refractivity contribution is 6.07. The molecular weight excluding hydrogens is 567 g/mol. The molecule has 10 heteroatoms. The third-order valence-electron chi connectivity index (χ3n) is 11.1. The Morgan fingerprint density at radius 1 is 0.750 bits per heavy atom. The van der Waals surface area contributed by atoms with E-state index in [4.69, 9.17) is 9.47 Å². The van der Waals surface area contributed by atoms with Crippen molar-refractivity contribution in [3.05, 3.63) is 71.8 Å². The molecule has 2 saturated heterocycles. The van der Waals surface area contributed by atoms with Crippen molar-refractivity contribution in [1.82, 2.24) is 9.80 Å². The molecular formula is C34H41FN2O7. The minimum atomic E-state index is -1.32. The number of alkyl halides is 1. The summed E-state index contributed by atoms with van der Waals surface area (Å²) in [6.45, 7) is 3.68. The molecule has 44 heavy (non-hydrogen) atoms. The van der Waals surface area contributed by atoms with Gasteiger partial charge in [0.2, 0.25) is 11.8 Å². The number of nitrogens with zero attached hydrogens (tertiary/aromatic N) is 2. The Labute approximate surface area is 257 Å². The van der Waals surface area contributed by atoms with E-state index in [0.717, 1.165) is 11.1 Å². The number of amides is 2. The maximum absolute atomic E-state index is 13.8. The number of hydrogen-bond donors (Lipinski definition) is 1. The SMILES string of the molecule is COC(=O)[C@@]12CC[C@]1(CF)CN([C@H](C)c1ccccc1)C2=O.COC(=O)[C@@]12CC[C@]1(CO)CN([C@H](C)c1ccccc1)C2=O. The van der Waals surface area contributed by atoms with Crippen LogP contribution in [0.3, 0.4) is 0 Å². The van der Waals surface area contributed by atoms with E-state index in [2.05, 4.69) is 0 Å². The number of benzene rings is 2. The number of rotatable bonds is 8. The first-order valence-corrected chi connectivity index (χ1v) is 15.1. The molecule has 2 heterocycles.